The molecule has 0 saturated carbocycles. The summed E-state index contributed by atoms with van der Waals surface area (Å²) < 4.78 is 26.6. The van der Waals surface area contributed by atoms with Gasteiger partial charge in [-0.25, -0.2) is 8.78 Å². The number of nitrogens with zero attached hydrogens (tertiary/aromatic N) is 1. The first-order valence-electron chi connectivity index (χ1n) is 7.11. The maximum Gasteiger partial charge on any atom is 0.126 e. The van der Waals surface area contributed by atoms with E-state index in [0.717, 1.165) is 29.4 Å². The first kappa shape index (κ1) is 15.6. The Labute approximate surface area is 124 Å². The van der Waals surface area contributed by atoms with Crippen LogP contribution in [0.25, 0.3) is 0 Å². The lowest BCUT2D eigenvalue weighted by atomic mass is 9.99. The van der Waals surface area contributed by atoms with E-state index >= 15 is 0 Å². The molecule has 21 heavy (non-hydrogen) atoms. The minimum atomic E-state index is -0.547. The average Bonchev–Trinajstić information content (AvgIpc) is 2.37. The molecule has 0 bridgehead atoms. The van der Waals surface area contributed by atoms with Crippen LogP contribution < -0.4 is 5.32 Å². The fourth-order valence-corrected chi connectivity index (χ4v) is 2.57. The van der Waals surface area contributed by atoms with E-state index in [-0.39, 0.29) is 6.04 Å². The number of rotatable bonds is 5. The maximum absolute atomic E-state index is 13.3. The SMILES string of the molecule is CCNC(Cc1cc(F)cc(F)c1)c1ncc(C)cc1C. The quantitative estimate of drug-likeness (QED) is 0.904. The summed E-state index contributed by atoms with van der Waals surface area (Å²) in [6.07, 6.45) is 2.32. The van der Waals surface area contributed by atoms with Crippen LogP contribution in [0, 0.1) is 25.5 Å². The number of aromatic nitrogens is 1. The Bertz CT molecular complexity index is 606. The Morgan fingerprint density at radius 1 is 1.10 bits per heavy atom. The minimum absolute atomic E-state index is 0.0585. The molecule has 2 rings (SSSR count). The molecule has 0 aliphatic carbocycles. The van der Waals surface area contributed by atoms with Crippen LogP contribution >= 0.6 is 0 Å². The smallest absolute Gasteiger partial charge is 0.126 e. The van der Waals surface area contributed by atoms with Crippen molar-refractivity contribution in [3.8, 4) is 0 Å². The van der Waals surface area contributed by atoms with Crippen molar-refractivity contribution in [1.82, 2.24) is 10.3 Å². The van der Waals surface area contributed by atoms with E-state index in [0.29, 0.717) is 12.0 Å². The molecule has 112 valence electrons. The molecule has 0 aliphatic heterocycles. The first-order chi connectivity index (χ1) is 9.99. The van der Waals surface area contributed by atoms with Crippen molar-refractivity contribution in [2.24, 2.45) is 0 Å². The van der Waals surface area contributed by atoms with Crippen molar-refractivity contribution in [2.45, 2.75) is 33.2 Å². The van der Waals surface area contributed by atoms with E-state index in [4.69, 9.17) is 0 Å². The lowest BCUT2D eigenvalue weighted by Gasteiger charge is -2.20. The summed E-state index contributed by atoms with van der Waals surface area (Å²) in [5.74, 6) is -1.09. The van der Waals surface area contributed by atoms with Crippen LogP contribution in [-0.4, -0.2) is 11.5 Å². The Balaban J connectivity index is 2.30. The first-order valence-corrected chi connectivity index (χ1v) is 7.11. The van der Waals surface area contributed by atoms with Crippen molar-refractivity contribution in [2.75, 3.05) is 6.54 Å². The highest BCUT2D eigenvalue weighted by atomic mass is 19.1. The lowest BCUT2D eigenvalue weighted by molar-refractivity contribution is 0.526. The normalized spacial score (nSPS) is 12.4. The van der Waals surface area contributed by atoms with E-state index in [1.807, 2.05) is 27.0 Å². The van der Waals surface area contributed by atoms with Crippen molar-refractivity contribution in [1.29, 1.82) is 0 Å². The summed E-state index contributed by atoms with van der Waals surface area (Å²) in [6.45, 7) is 6.76. The van der Waals surface area contributed by atoms with Gasteiger partial charge in [0.15, 0.2) is 0 Å². The molecule has 0 saturated heterocycles. The van der Waals surface area contributed by atoms with E-state index in [1.54, 1.807) is 0 Å². The third kappa shape index (κ3) is 4.08. The Kier molecular flexibility index (Phi) is 5.02. The monoisotopic (exact) mass is 290 g/mol. The zero-order valence-corrected chi connectivity index (χ0v) is 12.6. The molecule has 0 spiro atoms. The molecule has 1 unspecified atom stereocenters. The third-order valence-electron chi connectivity index (χ3n) is 3.40. The van der Waals surface area contributed by atoms with Gasteiger partial charge in [-0.15, -0.1) is 0 Å². The largest absolute Gasteiger partial charge is 0.309 e. The second-order valence-electron chi connectivity index (χ2n) is 5.31. The molecule has 0 amide bonds. The number of hydrogen-bond acceptors (Lipinski definition) is 2. The minimum Gasteiger partial charge on any atom is -0.309 e. The fraction of sp³-hybridized carbons (Fsp3) is 0.353. The van der Waals surface area contributed by atoms with Gasteiger partial charge in [-0.1, -0.05) is 13.0 Å². The predicted molar refractivity (Wildman–Crippen MR) is 80.2 cm³/mol. The summed E-state index contributed by atoms with van der Waals surface area (Å²) in [7, 11) is 0. The van der Waals surface area contributed by atoms with Gasteiger partial charge in [0.05, 0.1) is 11.7 Å². The van der Waals surface area contributed by atoms with Crippen LogP contribution in [0.2, 0.25) is 0 Å². The number of hydrogen-bond donors (Lipinski definition) is 1. The van der Waals surface area contributed by atoms with Crippen molar-refractivity contribution in [3.63, 3.8) is 0 Å². The van der Waals surface area contributed by atoms with Crippen LogP contribution in [0.4, 0.5) is 8.78 Å². The molecule has 4 heteroatoms. The zero-order valence-electron chi connectivity index (χ0n) is 12.6. The Morgan fingerprint density at radius 2 is 1.76 bits per heavy atom. The van der Waals surface area contributed by atoms with E-state index in [2.05, 4.69) is 16.4 Å². The van der Waals surface area contributed by atoms with Crippen LogP contribution in [0.15, 0.2) is 30.5 Å². The number of benzene rings is 1. The van der Waals surface area contributed by atoms with Gasteiger partial charge in [-0.2, -0.15) is 0 Å². The summed E-state index contributed by atoms with van der Waals surface area (Å²) >= 11 is 0. The molecule has 1 aromatic heterocycles. The molecule has 1 aromatic carbocycles. The summed E-state index contributed by atoms with van der Waals surface area (Å²) in [6, 6.07) is 5.64. The molecular weight excluding hydrogens is 270 g/mol. The van der Waals surface area contributed by atoms with Crippen molar-refractivity contribution < 1.29 is 8.78 Å². The lowest BCUT2D eigenvalue weighted by Crippen LogP contribution is -2.25. The summed E-state index contributed by atoms with van der Waals surface area (Å²) in [4.78, 5) is 4.49. The van der Waals surface area contributed by atoms with Gasteiger partial charge in [-0.3, -0.25) is 4.98 Å². The Morgan fingerprint density at radius 3 is 2.33 bits per heavy atom. The highest BCUT2D eigenvalue weighted by molar-refractivity contribution is 5.28. The number of nitrogens with one attached hydrogen (secondary N) is 1. The maximum atomic E-state index is 13.3. The van der Waals surface area contributed by atoms with E-state index in [9.17, 15) is 8.78 Å². The van der Waals surface area contributed by atoms with Crippen LogP contribution in [0.5, 0.6) is 0 Å². The molecule has 0 fully saturated rings. The van der Waals surface area contributed by atoms with Crippen LogP contribution in [0.1, 0.15) is 35.3 Å². The topological polar surface area (TPSA) is 24.9 Å². The van der Waals surface area contributed by atoms with E-state index in [1.165, 1.54) is 12.1 Å². The second kappa shape index (κ2) is 6.76. The van der Waals surface area contributed by atoms with Crippen molar-refractivity contribution >= 4 is 0 Å². The van der Waals surface area contributed by atoms with Crippen LogP contribution in [0.3, 0.4) is 0 Å². The highest BCUT2D eigenvalue weighted by Gasteiger charge is 2.16. The number of pyridine rings is 1. The van der Waals surface area contributed by atoms with Crippen LogP contribution in [-0.2, 0) is 6.42 Å². The van der Waals surface area contributed by atoms with Gasteiger partial charge in [0.25, 0.3) is 0 Å². The Hall–Kier alpha value is -1.81. The standard InChI is InChI=1S/C17H20F2N2/c1-4-20-16(17-12(3)5-11(2)10-21-17)8-13-6-14(18)9-15(19)7-13/h5-7,9-10,16,20H,4,8H2,1-3H3. The second-order valence-corrected chi connectivity index (χ2v) is 5.31. The molecule has 0 radical (unpaired) electrons. The molecule has 1 atom stereocenters. The highest BCUT2D eigenvalue weighted by Crippen LogP contribution is 2.21. The molecule has 2 nitrogen and oxygen atoms in total. The number of halogens is 2. The zero-order chi connectivity index (χ0) is 15.4. The molecule has 1 N–H and O–H groups in total. The molecule has 1 heterocycles. The number of likely N-dealkylation sites (N-methyl/N-ethyl adjacent to an activating group) is 1. The van der Waals surface area contributed by atoms with Gasteiger partial charge in [0.1, 0.15) is 11.6 Å². The number of aryl methyl sites for hydroxylation is 2. The third-order valence-corrected chi connectivity index (χ3v) is 3.40. The fourth-order valence-electron chi connectivity index (χ4n) is 2.57. The van der Waals surface area contributed by atoms with Gasteiger partial charge in [-0.05, 0) is 55.6 Å². The average molecular weight is 290 g/mol. The van der Waals surface area contributed by atoms with E-state index < -0.39 is 11.6 Å². The van der Waals surface area contributed by atoms with Gasteiger partial charge in [0.2, 0.25) is 0 Å². The summed E-state index contributed by atoms with van der Waals surface area (Å²) in [5.41, 5.74) is 3.73. The summed E-state index contributed by atoms with van der Waals surface area (Å²) in [5, 5.41) is 3.34. The van der Waals surface area contributed by atoms with Gasteiger partial charge >= 0.3 is 0 Å². The van der Waals surface area contributed by atoms with Crippen molar-refractivity contribution in [3.05, 3.63) is 64.5 Å². The molecule has 0 aliphatic rings. The molecule has 2 aromatic rings. The van der Waals surface area contributed by atoms with Gasteiger partial charge < -0.3 is 5.32 Å². The molecular formula is C17H20F2N2. The predicted octanol–water partition coefficient (Wildman–Crippen LogP) is 3.87. The van der Waals surface area contributed by atoms with Gasteiger partial charge in [0, 0.05) is 12.3 Å².